The van der Waals surface area contributed by atoms with Crippen LogP contribution >= 0.6 is 11.8 Å². The van der Waals surface area contributed by atoms with E-state index in [1.807, 2.05) is 40.9 Å². The van der Waals surface area contributed by atoms with Gasteiger partial charge in [-0.15, -0.1) is 0 Å². The Morgan fingerprint density at radius 2 is 2.35 bits per heavy atom. The highest BCUT2D eigenvalue weighted by atomic mass is 32.2. The van der Waals surface area contributed by atoms with Gasteiger partial charge < -0.3 is 5.32 Å². The predicted octanol–water partition coefficient (Wildman–Crippen LogP) is 2.43. The van der Waals surface area contributed by atoms with Crippen molar-refractivity contribution in [3.8, 4) is 5.82 Å². The molecule has 2 aromatic rings. The highest BCUT2D eigenvalue weighted by molar-refractivity contribution is 7.98. The number of hydrogen-bond acceptors (Lipinski definition) is 4. The summed E-state index contributed by atoms with van der Waals surface area (Å²) in [5.41, 5.74) is 1.06. The largest absolute Gasteiger partial charge is 0.384 e. The SMILES string of the molecule is CSCCCNc1ccc(-n2ccnc2)nc1. The van der Waals surface area contributed by atoms with Crippen molar-refractivity contribution in [3.63, 3.8) is 0 Å². The summed E-state index contributed by atoms with van der Waals surface area (Å²) in [6, 6.07) is 4.03. The van der Waals surface area contributed by atoms with Crippen LogP contribution in [0.5, 0.6) is 0 Å². The molecule has 0 spiro atoms. The fourth-order valence-electron chi connectivity index (χ4n) is 1.49. The van der Waals surface area contributed by atoms with E-state index in [-0.39, 0.29) is 0 Å². The van der Waals surface area contributed by atoms with E-state index in [1.165, 1.54) is 12.2 Å². The molecule has 0 aliphatic heterocycles. The van der Waals surface area contributed by atoms with Crippen LogP contribution in [-0.2, 0) is 0 Å². The van der Waals surface area contributed by atoms with Crippen molar-refractivity contribution in [2.45, 2.75) is 6.42 Å². The second-order valence-electron chi connectivity index (χ2n) is 3.65. The maximum Gasteiger partial charge on any atom is 0.137 e. The molecule has 0 aliphatic rings. The van der Waals surface area contributed by atoms with Gasteiger partial charge in [-0.2, -0.15) is 11.8 Å². The van der Waals surface area contributed by atoms with Crippen LogP contribution in [0.1, 0.15) is 6.42 Å². The second kappa shape index (κ2) is 6.30. The van der Waals surface area contributed by atoms with Crippen LogP contribution in [0.2, 0.25) is 0 Å². The van der Waals surface area contributed by atoms with Gasteiger partial charge in [-0.05, 0) is 30.6 Å². The zero-order valence-corrected chi connectivity index (χ0v) is 10.7. The number of imidazole rings is 1. The monoisotopic (exact) mass is 248 g/mol. The topological polar surface area (TPSA) is 42.7 Å². The standard InChI is InChI=1S/C12H16N4S/c1-17-8-2-5-14-11-3-4-12(15-9-11)16-7-6-13-10-16/h3-4,6-7,9-10,14H,2,5,8H2,1H3. The molecule has 0 amide bonds. The number of pyridine rings is 1. The molecular formula is C12H16N4S. The van der Waals surface area contributed by atoms with E-state index in [9.17, 15) is 0 Å². The Labute approximate surface area is 105 Å². The lowest BCUT2D eigenvalue weighted by Crippen LogP contribution is -2.03. The molecule has 0 aliphatic carbocycles. The van der Waals surface area contributed by atoms with Crippen molar-refractivity contribution in [1.29, 1.82) is 0 Å². The number of aromatic nitrogens is 3. The first-order valence-corrected chi connectivity index (χ1v) is 6.97. The fourth-order valence-corrected chi connectivity index (χ4v) is 1.92. The summed E-state index contributed by atoms with van der Waals surface area (Å²) >= 11 is 1.87. The first-order chi connectivity index (χ1) is 8.40. The Morgan fingerprint density at radius 3 is 3.00 bits per heavy atom. The van der Waals surface area contributed by atoms with E-state index in [0.29, 0.717) is 0 Å². The van der Waals surface area contributed by atoms with Crippen LogP contribution in [-0.4, -0.2) is 33.1 Å². The normalized spacial score (nSPS) is 10.4. The lowest BCUT2D eigenvalue weighted by molar-refractivity contribution is 0.974. The Morgan fingerprint density at radius 1 is 1.41 bits per heavy atom. The minimum atomic E-state index is 0.886. The highest BCUT2D eigenvalue weighted by Gasteiger charge is 1.97. The third-order valence-electron chi connectivity index (χ3n) is 2.37. The zero-order chi connectivity index (χ0) is 11.9. The quantitative estimate of drug-likeness (QED) is 0.797. The van der Waals surface area contributed by atoms with E-state index in [1.54, 1.807) is 12.5 Å². The molecule has 0 aromatic carbocycles. The zero-order valence-electron chi connectivity index (χ0n) is 9.84. The van der Waals surface area contributed by atoms with Gasteiger partial charge in [-0.1, -0.05) is 0 Å². The lowest BCUT2D eigenvalue weighted by Gasteiger charge is -2.06. The van der Waals surface area contributed by atoms with Crippen molar-refractivity contribution in [1.82, 2.24) is 14.5 Å². The maximum absolute atomic E-state index is 4.38. The Hall–Kier alpha value is -1.49. The molecule has 2 heterocycles. The van der Waals surface area contributed by atoms with Gasteiger partial charge in [-0.25, -0.2) is 9.97 Å². The van der Waals surface area contributed by atoms with Gasteiger partial charge in [-0.3, -0.25) is 4.57 Å². The van der Waals surface area contributed by atoms with Crippen molar-refractivity contribution >= 4 is 17.4 Å². The minimum Gasteiger partial charge on any atom is -0.384 e. The summed E-state index contributed by atoms with van der Waals surface area (Å²) in [7, 11) is 0. The third-order valence-corrected chi connectivity index (χ3v) is 3.07. The summed E-state index contributed by atoms with van der Waals surface area (Å²) in [5.74, 6) is 2.07. The summed E-state index contributed by atoms with van der Waals surface area (Å²) in [6.07, 6.45) is 10.5. The van der Waals surface area contributed by atoms with Gasteiger partial charge in [0, 0.05) is 18.9 Å². The van der Waals surface area contributed by atoms with Gasteiger partial charge in [0.25, 0.3) is 0 Å². The molecule has 17 heavy (non-hydrogen) atoms. The van der Waals surface area contributed by atoms with Gasteiger partial charge in [0.1, 0.15) is 12.1 Å². The van der Waals surface area contributed by atoms with Crippen LogP contribution in [0.3, 0.4) is 0 Å². The van der Waals surface area contributed by atoms with Crippen LogP contribution in [0, 0.1) is 0 Å². The molecule has 90 valence electrons. The fraction of sp³-hybridized carbons (Fsp3) is 0.333. The Bertz CT molecular complexity index is 424. The smallest absolute Gasteiger partial charge is 0.137 e. The minimum absolute atomic E-state index is 0.886. The first-order valence-electron chi connectivity index (χ1n) is 5.57. The van der Waals surface area contributed by atoms with Gasteiger partial charge in [0.15, 0.2) is 0 Å². The first kappa shape index (κ1) is 12.0. The average molecular weight is 248 g/mol. The number of thioether (sulfide) groups is 1. The van der Waals surface area contributed by atoms with Gasteiger partial charge in [0.2, 0.25) is 0 Å². The Balaban J connectivity index is 1.90. The summed E-state index contributed by atoms with van der Waals surface area (Å²) in [6.45, 7) is 0.993. The van der Waals surface area contributed by atoms with Crippen LogP contribution in [0.25, 0.3) is 5.82 Å². The molecule has 0 unspecified atom stereocenters. The molecule has 1 N–H and O–H groups in total. The molecule has 2 rings (SSSR count). The van der Waals surface area contributed by atoms with Crippen molar-refractivity contribution in [2.24, 2.45) is 0 Å². The number of anilines is 1. The molecule has 2 aromatic heterocycles. The number of nitrogens with zero attached hydrogens (tertiary/aromatic N) is 3. The molecular weight excluding hydrogens is 232 g/mol. The molecule has 0 fully saturated rings. The van der Waals surface area contributed by atoms with Crippen molar-refractivity contribution in [2.75, 3.05) is 23.9 Å². The van der Waals surface area contributed by atoms with Crippen LogP contribution in [0.4, 0.5) is 5.69 Å². The molecule has 0 saturated carbocycles. The third kappa shape index (κ3) is 3.49. The maximum atomic E-state index is 4.38. The Kier molecular flexibility index (Phi) is 4.44. The number of hydrogen-bond donors (Lipinski definition) is 1. The van der Waals surface area contributed by atoms with Crippen molar-refractivity contribution in [3.05, 3.63) is 37.1 Å². The van der Waals surface area contributed by atoms with Crippen LogP contribution in [0.15, 0.2) is 37.1 Å². The number of rotatable bonds is 6. The molecule has 4 nitrogen and oxygen atoms in total. The molecule has 0 saturated heterocycles. The van der Waals surface area contributed by atoms with E-state index < -0.39 is 0 Å². The van der Waals surface area contributed by atoms with Crippen molar-refractivity contribution < 1.29 is 0 Å². The molecule has 0 radical (unpaired) electrons. The molecule has 5 heteroatoms. The highest BCUT2D eigenvalue weighted by Crippen LogP contribution is 2.09. The predicted molar refractivity (Wildman–Crippen MR) is 72.8 cm³/mol. The van der Waals surface area contributed by atoms with E-state index in [0.717, 1.165) is 18.1 Å². The number of nitrogens with one attached hydrogen (secondary N) is 1. The summed E-state index contributed by atoms with van der Waals surface area (Å²) in [4.78, 5) is 8.37. The summed E-state index contributed by atoms with van der Waals surface area (Å²) in [5, 5.41) is 3.35. The molecule has 0 bridgehead atoms. The second-order valence-corrected chi connectivity index (χ2v) is 4.63. The average Bonchev–Trinajstić information content (AvgIpc) is 2.89. The van der Waals surface area contributed by atoms with Crippen LogP contribution < -0.4 is 5.32 Å². The van der Waals surface area contributed by atoms with E-state index in [4.69, 9.17) is 0 Å². The van der Waals surface area contributed by atoms with Gasteiger partial charge in [0.05, 0.1) is 11.9 Å². The van der Waals surface area contributed by atoms with E-state index >= 15 is 0 Å². The van der Waals surface area contributed by atoms with Gasteiger partial charge >= 0.3 is 0 Å². The summed E-state index contributed by atoms with van der Waals surface area (Å²) < 4.78 is 1.89. The van der Waals surface area contributed by atoms with E-state index in [2.05, 4.69) is 21.5 Å². The molecule has 0 atom stereocenters. The lowest BCUT2D eigenvalue weighted by atomic mass is 10.4.